The van der Waals surface area contributed by atoms with E-state index in [0.29, 0.717) is 13.1 Å². The van der Waals surface area contributed by atoms with Crippen molar-refractivity contribution in [2.45, 2.75) is 58.7 Å². The molecule has 1 atom stereocenters. The molecular weight excluding hydrogens is 312 g/mol. The fourth-order valence-corrected chi connectivity index (χ4v) is 3.81. The Bertz CT molecular complexity index is 758. The first-order valence-electron chi connectivity index (χ1n) is 8.11. The van der Waals surface area contributed by atoms with Crippen LogP contribution < -0.4 is 11.0 Å². The zero-order valence-electron chi connectivity index (χ0n) is 13.5. The number of hydrogen-bond acceptors (Lipinski definition) is 4. The highest BCUT2D eigenvalue weighted by atomic mass is 32.1. The summed E-state index contributed by atoms with van der Waals surface area (Å²) in [5, 5.41) is 9.48. The van der Waals surface area contributed by atoms with Crippen molar-refractivity contribution >= 4 is 17.2 Å². The van der Waals surface area contributed by atoms with Gasteiger partial charge in [-0.3, -0.25) is 9.36 Å². The third-order valence-corrected chi connectivity index (χ3v) is 5.27. The zero-order chi connectivity index (χ0) is 16.4. The number of carbonyl (C=O) groups excluding carboxylic acids is 1. The molecule has 0 saturated heterocycles. The molecule has 1 N–H and O–H groups in total. The highest BCUT2D eigenvalue weighted by molar-refractivity contribution is 7.12. The highest BCUT2D eigenvalue weighted by Crippen LogP contribution is 2.17. The summed E-state index contributed by atoms with van der Waals surface area (Å²) in [5.41, 5.74) is 0.986. The van der Waals surface area contributed by atoms with Gasteiger partial charge in [0.2, 0.25) is 0 Å². The monoisotopic (exact) mass is 334 g/mol. The molecule has 0 spiro atoms. The quantitative estimate of drug-likeness (QED) is 0.929. The van der Waals surface area contributed by atoms with E-state index in [9.17, 15) is 9.59 Å². The number of nitrogens with zero attached hydrogens (tertiary/aromatic N) is 3. The van der Waals surface area contributed by atoms with E-state index in [1.807, 2.05) is 25.3 Å². The second kappa shape index (κ2) is 6.70. The van der Waals surface area contributed by atoms with Crippen molar-refractivity contribution in [1.29, 1.82) is 0 Å². The van der Waals surface area contributed by atoms with Crippen molar-refractivity contribution in [3.8, 4) is 0 Å². The molecule has 0 saturated carbocycles. The molecule has 124 valence electrons. The van der Waals surface area contributed by atoms with Gasteiger partial charge in [0.05, 0.1) is 4.88 Å². The molecule has 0 fully saturated rings. The van der Waals surface area contributed by atoms with Crippen LogP contribution >= 0.6 is 11.3 Å². The van der Waals surface area contributed by atoms with Crippen LogP contribution in [0.2, 0.25) is 0 Å². The molecule has 7 heteroatoms. The van der Waals surface area contributed by atoms with E-state index in [2.05, 4.69) is 10.4 Å². The van der Waals surface area contributed by atoms with Gasteiger partial charge in [0.25, 0.3) is 5.91 Å². The lowest BCUT2D eigenvalue weighted by molar-refractivity contribution is 0.0936. The van der Waals surface area contributed by atoms with Crippen LogP contribution in [0.15, 0.2) is 16.2 Å². The summed E-state index contributed by atoms with van der Waals surface area (Å²) in [6, 6.07) is 2.04. The van der Waals surface area contributed by atoms with Crippen molar-refractivity contribution < 1.29 is 4.79 Å². The van der Waals surface area contributed by atoms with Gasteiger partial charge < -0.3 is 5.32 Å². The predicted molar refractivity (Wildman–Crippen MR) is 90.0 cm³/mol. The van der Waals surface area contributed by atoms with Crippen LogP contribution in [0.5, 0.6) is 0 Å². The molecule has 1 aliphatic rings. The third-order valence-electron chi connectivity index (χ3n) is 4.26. The average molecular weight is 334 g/mol. The van der Waals surface area contributed by atoms with E-state index in [-0.39, 0.29) is 17.6 Å². The van der Waals surface area contributed by atoms with Crippen LogP contribution in [0, 0.1) is 6.92 Å². The molecule has 3 heterocycles. The fraction of sp³-hybridized carbons (Fsp3) is 0.562. The van der Waals surface area contributed by atoms with Crippen molar-refractivity contribution in [1.82, 2.24) is 19.7 Å². The molecule has 6 nitrogen and oxygen atoms in total. The first-order chi connectivity index (χ1) is 11.1. The Labute approximate surface area is 139 Å². The summed E-state index contributed by atoms with van der Waals surface area (Å²) in [6.45, 7) is 5.27. The molecule has 0 aromatic carbocycles. The van der Waals surface area contributed by atoms with Crippen LogP contribution in [-0.2, 0) is 19.5 Å². The summed E-state index contributed by atoms with van der Waals surface area (Å²) in [5.74, 6) is 0.831. The standard InChI is InChI=1S/C16H22N4O2S/c1-3-8-20-16(22)19-9-6-12(4-5-13(19)18-20)17-15(21)14-11(2)7-10-23-14/h7,10,12H,3-6,8-9H2,1-2H3,(H,17,21). The summed E-state index contributed by atoms with van der Waals surface area (Å²) in [6.07, 6.45) is 3.20. The van der Waals surface area contributed by atoms with E-state index in [0.717, 1.165) is 41.9 Å². The Morgan fingerprint density at radius 3 is 3.00 bits per heavy atom. The fourth-order valence-electron chi connectivity index (χ4n) is 2.99. The second-order valence-corrected chi connectivity index (χ2v) is 6.92. The van der Waals surface area contributed by atoms with Crippen molar-refractivity contribution in [3.05, 3.63) is 38.2 Å². The van der Waals surface area contributed by atoms with Crippen molar-refractivity contribution in [2.24, 2.45) is 0 Å². The summed E-state index contributed by atoms with van der Waals surface area (Å²) in [7, 11) is 0. The van der Waals surface area contributed by atoms with E-state index in [1.54, 1.807) is 9.25 Å². The van der Waals surface area contributed by atoms with Gasteiger partial charge in [0.1, 0.15) is 5.82 Å². The van der Waals surface area contributed by atoms with Gasteiger partial charge in [0, 0.05) is 25.6 Å². The van der Waals surface area contributed by atoms with E-state index >= 15 is 0 Å². The topological polar surface area (TPSA) is 68.9 Å². The second-order valence-electron chi connectivity index (χ2n) is 6.00. The third kappa shape index (κ3) is 3.24. The molecular formula is C16H22N4O2S. The lowest BCUT2D eigenvalue weighted by atomic mass is 10.1. The molecule has 2 aromatic rings. The van der Waals surface area contributed by atoms with Crippen LogP contribution in [0.1, 0.15) is 47.2 Å². The summed E-state index contributed by atoms with van der Waals surface area (Å²) >= 11 is 1.47. The van der Waals surface area contributed by atoms with Gasteiger partial charge in [-0.25, -0.2) is 9.48 Å². The molecule has 0 bridgehead atoms. The molecule has 2 aromatic heterocycles. The number of thiophene rings is 1. The first-order valence-corrected chi connectivity index (χ1v) is 8.99. The number of carbonyl (C=O) groups is 1. The lowest BCUT2D eigenvalue weighted by Gasteiger charge is -2.15. The number of hydrogen-bond donors (Lipinski definition) is 1. The van der Waals surface area contributed by atoms with Crippen LogP contribution in [0.4, 0.5) is 0 Å². The highest BCUT2D eigenvalue weighted by Gasteiger charge is 2.22. The van der Waals surface area contributed by atoms with Crippen molar-refractivity contribution in [3.63, 3.8) is 0 Å². The van der Waals surface area contributed by atoms with Crippen LogP contribution in [0.25, 0.3) is 0 Å². The predicted octanol–water partition coefficient (Wildman–Crippen LogP) is 1.96. The van der Waals surface area contributed by atoms with Gasteiger partial charge >= 0.3 is 5.69 Å². The maximum Gasteiger partial charge on any atom is 0.345 e. The van der Waals surface area contributed by atoms with Crippen LogP contribution in [-0.4, -0.2) is 26.3 Å². The van der Waals surface area contributed by atoms with Crippen LogP contribution in [0.3, 0.4) is 0 Å². The Balaban J connectivity index is 1.67. The Kier molecular flexibility index (Phi) is 4.66. The van der Waals surface area contributed by atoms with E-state index in [1.165, 1.54) is 11.3 Å². The number of fused-ring (bicyclic) bond motifs is 1. The minimum Gasteiger partial charge on any atom is -0.349 e. The smallest absolute Gasteiger partial charge is 0.345 e. The van der Waals surface area contributed by atoms with Gasteiger partial charge in [0.15, 0.2) is 0 Å². The SMILES string of the molecule is CCCn1nc2n(c1=O)CCC(NC(=O)c1sccc1C)CC2. The minimum atomic E-state index is -0.0251. The number of rotatable bonds is 4. The largest absolute Gasteiger partial charge is 0.349 e. The zero-order valence-corrected chi connectivity index (χ0v) is 14.4. The van der Waals surface area contributed by atoms with Crippen molar-refractivity contribution in [2.75, 3.05) is 0 Å². The Morgan fingerprint density at radius 2 is 2.30 bits per heavy atom. The van der Waals surface area contributed by atoms with Gasteiger partial charge in [-0.1, -0.05) is 6.92 Å². The molecule has 1 aliphatic heterocycles. The Morgan fingerprint density at radius 1 is 1.48 bits per heavy atom. The molecule has 1 amide bonds. The normalized spacial score (nSPS) is 17.6. The average Bonchev–Trinajstić information content (AvgIpc) is 3.01. The van der Waals surface area contributed by atoms with E-state index in [4.69, 9.17) is 0 Å². The maximum atomic E-state index is 12.3. The summed E-state index contributed by atoms with van der Waals surface area (Å²) < 4.78 is 3.32. The minimum absolute atomic E-state index is 0.00886. The van der Waals surface area contributed by atoms with Gasteiger partial charge in [-0.15, -0.1) is 11.3 Å². The molecule has 1 unspecified atom stereocenters. The number of aryl methyl sites for hydroxylation is 3. The number of aromatic nitrogens is 3. The maximum absolute atomic E-state index is 12.3. The van der Waals surface area contributed by atoms with Gasteiger partial charge in [-0.05, 0) is 43.2 Å². The first kappa shape index (κ1) is 16.0. The molecule has 23 heavy (non-hydrogen) atoms. The van der Waals surface area contributed by atoms with Gasteiger partial charge in [-0.2, -0.15) is 5.10 Å². The van der Waals surface area contributed by atoms with E-state index < -0.39 is 0 Å². The summed E-state index contributed by atoms with van der Waals surface area (Å²) in [4.78, 5) is 25.4. The number of nitrogens with one attached hydrogen (secondary N) is 1. The molecule has 0 aliphatic carbocycles. The Hall–Kier alpha value is -1.89. The molecule has 3 rings (SSSR count). The number of amides is 1. The molecule has 0 radical (unpaired) electrons. The lowest BCUT2D eigenvalue weighted by Crippen LogP contribution is -2.35.